The van der Waals surface area contributed by atoms with Crippen LogP contribution in [0.15, 0.2) is 34.9 Å². The number of anilines is 1. The van der Waals surface area contributed by atoms with E-state index in [1.54, 1.807) is 19.2 Å². The number of aryl methyl sites for hydroxylation is 1. The van der Waals surface area contributed by atoms with Crippen molar-refractivity contribution in [2.24, 2.45) is 7.05 Å². The number of piperazine rings is 1. The molecule has 0 unspecified atom stereocenters. The second-order valence-electron chi connectivity index (χ2n) is 6.57. The lowest BCUT2D eigenvalue weighted by Gasteiger charge is -2.28. The Bertz CT molecular complexity index is 1090. The maximum Gasteiger partial charge on any atom is 0.490 e. The van der Waals surface area contributed by atoms with Gasteiger partial charge in [0, 0.05) is 46.3 Å². The van der Waals surface area contributed by atoms with Gasteiger partial charge in [-0.2, -0.15) is 18.2 Å². The van der Waals surface area contributed by atoms with E-state index in [1.165, 1.54) is 9.13 Å². The molecule has 13 heteroatoms. The number of fused-ring (bicyclic) bond motifs is 1. The highest BCUT2D eigenvalue weighted by Crippen LogP contribution is 2.20. The molecule has 0 radical (unpaired) electrons. The lowest BCUT2D eigenvalue weighted by atomic mass is 10.4. The minimum absolute atomic E-state index is 0.170. The van der Waals surface area contributed by atoms with Crippen LogP contribution in [-0.4, -0.2) is 62.1 Å². The molecule has 0 aromatic carbocycles. The maximum atomic E-state index is 12.9. The highest BCUT2D eigenvalue weighted by molar-refractivity contribution is 5.75. The van der Waals surface area contributed by atoms with Crippen molar-refractivity contribution in [2.45, 2.75) is 19.3 Å². The molecular weight excluding hydrogens is 421 g/mol. The van der Waals surface area contributed by atoms with Crippen LogP contribution in [0, 0.1) is 0 Å². The van der Waals surface area contributed by atoms with Crippen molar-refractivity contribution in [2.75, 3.05) is 31.1 Å². The molecule has 0 saturated carbocycles. The number of allylic oxidation sites excluding steroid dienone is 2. The summed E-state index contributed by atoms with van der Waals surface area (Å²) in [6.07, 6.45) is -1.81. The van der Waals surface area contributed by atoms with Crippen molar-refractivity contribution in [1.82, 2.24) is 24.0 Å². The molecule has 0 aliphatic carbocycles. The fourth-order valence-corrected chi connectivity index (χ4v) is 3.06. The predicted molar refractivity (Wildman–Crippen MR) is 108 cm³/mol. The van der Waals surface area contributed by atoms with Crippen LogP contribution in [-0.2, 0) is 24.9 Å². The number of hydrogen-bond acceptors (Lipinski definition) is 6. The maximum absolute atomic E-state index is 12.9. The lowest BCUT2D eigenvalue weighted by Crippen LogP contribution is -2.44. The van der Waals surface area contributed by atoms with E-state index in [-0.39, 0.29) is 17.8 Å². The molecule has 1 aliphatic heterocycles. The molecule has 2 N–H and O–H groups in total. The highest BCUT2D eigenvalue weighted by atomic mass is 19.4. The summed E-state index contributed by atoms with van der Waals surface area (Å²) in [6, 6.07) is 0. The zero-order valence-electron chi connectivity index (χ0n) is 16.9. The number of halogens is 3. The molecule has 170 valence electrons. The van der Waals surface area contributed by atoms with Gasteiger partial charge in [-0.15, -0.1) is 13.2 Å². The van der Waals surface area contributed by atoms with Crippen molar-refractivity contribution in [3.05, 3.63) is 46.1 Å². The summed E-state index contributed by atoms with van der Waals surface area (Å²) in [5.74, 6) is -2.05. The Kier molecular flexibility index (Phi) is 7.44. The molecule has 1 saturated heterocycles. The Hall–Kier alpha value is -3.35. The van der Waals surface area contributed by atoms with Crippen molar-refractivity contribution in [1.29, 1.82) is 0 Å². The summed E-state index contributed by atoms with van der Waals surface area (Å²) in [4.78, 5) is 40.9. The first kappa shape index (κ1) is 23.9. The van der Waals surface area contributed by atoms with Crippen LogP contribution in [0.25, 0.3) is 11.2 Å². The quantitative estimate of drug-likeness (QED) is 0.638. The zero-order chi connectivity index (χ0) is 23.3. The van der Waals surface area contributed by atoms with Gasteiger partial charge in [-0.1, -0.05) is 12.2 Å². The molecule has 2 aromatic rings. The number of aliphatic carboxylic acids is 1. The third kappa shape index (κ3) is 5.05. The van der Waals surface area contributed by atoms with E-state index < -0.39 is 12.1 Å². The average Bonchev–Trinajstić information content (AvgIpc) is 3.10. The number of carboxylic acid groups (broad SMARTS) is 1. The van der Waals surface area contributed by atoms with E-state index >= 15 is 0 Å². The van der Waals surface area contributed by atoms with Crippen molar-refractivity contribution >= 4 is 23.1 Å². The summed E-state index contributed by atoms with van der Waals surface area (Å²) in [7, 11) is 1.64. The first-order chi connectivity index (χ1) is 14.5. The minimum atomic E-state index is -5.08. The standard InChI is InChI=1S/C16H22N6O2.C2HF3O2/c1-4-8-21-12-13(18-15(21)20-10-6-17-7-11-20)19(3)16(24)22(9-5-2)14(12)23;3-2(4,5)1(6)7/h4-5,17H,1-2,6-11H2,3H3;(H,6,7). The summed E-state index contributed by atoms with van der Waals surface area (Å²) >= 11 is 0. The fraction of sp³-hybridized carbons (Fsp3) is 0.444. The molecule has 2 aromatic heterocycles. The Morgan fingerprint density at radius 2 is 1.68 bits per heavy atom. The number of rotatable bonds is 5. The topological polar surface area (TPSA) is 114 Å². The van der Waals surface area contributed by atoms with Crippen LogP contribution in [0.5, 0.6) is 0 Å². The zero-order valence-corrected chi connectivity index (χ0v) is 16.9. The van der Waals surface area contributed by atoms with Gasteiger partial charge in [-0.05, 0) is 0 Å². The molecule has 3 heterocycles. The first-order valence-electron chi connectivity index (χ1n) is 9.22. The molecule has 10 nitrogen and oxygen atoms in total. The Balaban J connectivity index is 0.000000423. The summed E-state index contributed by atoms with van der Waals surface area (Å²) in [6.45, 7) is 11.4. The third-order valence-electron chi connectivity index (χ3n) is 4.48. The molecule has 0 amide bonds. The van der Waals surface area contributed by atoms with Gasteiger partial charge >= 0.3 is 17.8 Å². The van der Waals surface area contributed by atoms with Gasteiger partial charge in [0.05, 0.1) is 0 Å². The van der Waals surface area contributed by atoms with Crippen LogP contribution in [0.3, 0.4) is 0 Å². The second-order valence-corrected chi connectivity index (χ2v) is 6.57. The van der Waals surface area contributed by atoms with Gasteiger partial charge in [0.15, 0.2) is 11.2 Å². The van der Waals surface area contributed by atoms with Crippen LogP contribution in [0.2, 0.25) is 0 Å². The van der Waals surface area contributed by atoms with E-state index in [9.17, 15) is 22.8 Å². The van der Waals surface area contributed by atoms with Crippen molar-refractivity contribution < 1.29 is 23.1 Å². The number of nitrogens with zero attached hydrogens (tertiary/aromatic N) is 5. The van der Waals surface area contributed by atoms with E-state index in [2.05, 4.69) is 28.4 Å². The molecule has 1 aliphatic rings. The lowest BCUT2D eigenvalue weighted by molar-refractivity contribution is -0.192. The Morgan fingerprint density at radius 3 is 2.16 bits per heavy atom. The fourth-order valence-electron chi connectivity index (χ4n) is 3.06. The highest BCUT2D eigenvalue weighted by Gasteiger charge is 2.38. The van der Waals surface area contributed by atoms with Crippen LogP contribution >= 0.6 is 0 Å². The van der Waals surface area contributed by atoms with Gasteiger partial charge < -0.3 is 19.9 Å². The van der Waals surface area contributed by atoms with Crippen LogP contribution in [0.4, 0.5) is 19.1 Å². The second kappa shape index (κ2) is 9.64. The van der Waals surface area contributed by atoms with Crippen molar-refractivity contribution in [3.63, 3.8) is 0 Å². The molecule has 0 spiro atoms. The minimum Gasteiger partial charge on any atom is -0.475 e. The van der Waals surface area contributed by atoms with Gasteiger partial charge in [-0.25, -0.2) is 9.59 Å². The number of hydrogen-bond donors (Lipinski definition) is 2. The molecule has 0 atom stereocenters. The summed E-state index contributed by atoms with van der Waals surface area (Å²) in [5, 5.41) is 10.4. The number of imidazole rings is 1. The smallest absolute Gasteiger partial charge is 0.475 e. The largest absolute Gasteiger partial charge is 0.490 e. The number of carboxylic acids is 1. The van der Waals surface area contributed by atoms with Crippen LogP contribution < -0.4 is 21.5 Å². The number of carbonyl (C=O) groups is 1. The SMILES string of the molecule is C=CCn1c(=O)c2c(nc(N3CCNCC3)n2CC=C)n(C)c1=O.O=C(O)C(F)(F)F. The van der Waals surface area contributed by atoms with Gasteiger partial charge in [0.2, 0.25) is 5.95 Å². The van der Waals surface area contributed by atoms with E-state index in [0.717, 1.165) is 26.2 Å². The summed E-state index contributed by atoms with van der Waals surface area (Å²) < 4.78 is 36.2. The molecule has 31 heavy (non-hydrogen) atoms. The predicted octanol–water partition coefficient (Wildman–Crippen LogP) is 0.312. The van der Waals surface area contributed by atoms with Crippen molar-refractivity contribution in [3.8, 4) is 0 Å². The molecular formula is C18H23F3N6O4. The Labute approximate surface area is 174 Å². The molecule has 1 fully saturated rings. The Morgan fingerprint density at radius 1 is 1.16 bits per heavy atom. The van der Waals surface area contributed by atoms with Gasteiger partial charge in [0.25, 0.3) is 5.56 Å². The first-order valence-corrected chi connectivity index (χ1v) is 9.22. The molecule has 3 rings (SSSR count). The monoisotopic (exact) mass is 444 g/mol. The van der Waals surface area contributed by atoms with E-state index in [0.29, 0.717) is 23.7 Å². The van der Waals surface area contributed by atoms with E-state index in [1.807, 2.05) is 4.57 Å². The van der Waals surface area contributed by atoms with Crippen LogP contribution in [0.1, 0.15) is 0 Å². The third-order valence-corrected chi connectivity index (χ3v) is 4.48. The normalized spacial score (nSPS) is 14.1. The number of nitrogens with one attached hydrogen (secondary N) is 1. The van der Waals surface area contributed by atoms with Gasteiger partial charge in [-0.3, -0.25) is 13.9 Å². The van der Waals surface area contributed by atoms with E-state index in [4.69, 9.17) is 9.90 Å². The number of aromatic nitrogens is 4. The molecule has 0 bridgehead atoms. The average molecular weight is 444 g/mol. The van der Waals surface area contributed by atoms with Gasteiger partial charge in [0.1, 0.15) is 0 Å². The number of alkyl halides is 3. The summed E-state index contributed by atoms with van der Waals surface area (Å²) in [5.41, 5.74) is 0.0966.